The molecule has 2 aliphatic rings. The number of fused-ring (bicyclic) bond motifs is 2. The molecule has 1 N–H and O–H groups in total. The van der Waals surface area contributed by atoms with Gasteiger partial charge in [-0.25, -0.2) is 0 Å². The van der Waals surface area contributed by atoms with Crippen LogP contribution in [0.15, 0.2) is 71.1 Å². The van der Waals surface area contributed by atoms with Crippen LogP contribution in [0.4, 0.5) is 0 Å². The van der Waals surface area contributed by atoms with Crippen molar-refractivity contribution in [1.29, 1.82) is 5.41 Å². The van der Waals surface area contributed by atoms with E-state index in [4.69, 9.17) is 9.83 Å². The number of nitrogens with one attached hydrogen (secondary N) is 1. The van der Waals surface area contributed by atoms with Crippen molar-refractivity contribution in [3.05, 3.63) is 77.7 Å². The molecule has 1 aliphatic heterocycles. The molecule has 106 valence electrons. The van der Waals surface area contributed by atoms with E-state index < -0.39 is 0 Å². The average Bonchev–Trinajstić information content (AvgIpc) is 2.53. The van der Waals surface area contributed by atoms with Crippen LogP contribution in [-0.2, 0) is 0 Å². The van der Waals surface area contributed by atoms with E-state index in [0.717, 1.165) is 39.0 Å². The first-order valence-electron chi connectivity index (χ1n) is 7.29. The normalized spacial score (nSPS) is 11.1. The lowest BCUT2D eigenvalue weighted by Crippen LogP contribution is -2.00. The molecular formula is C20H15NO. The number of benzene rings is 3. The summed E-state index contributed by atoms with van der Waals surface area (Å²) in [7, 11) is 0. The molecule has 0 unspecified atom stereocenters. The first-order valence-corrected chi connectivity index (χ1v) is 7.29. The maximum Gasteiger partial charge on any atom is 0.137 e. The van der Waals surface area contributed by atoms with Crippen molar-refractivity contribution in [2.45, 2.75) is 6.92 Å². The van der Waals surface area contributed by atoms with Gasteiger partial charge in [-0.3, -0.25) is 0 Å². The van der Waals surface area contributed by atoms with Crippen LogP contribution in [0.3, 0.4) is 0 Å². The van der Waals surface area contributed by atoms with Crippen LogP contribution < -0.4 is 5.36 Å². The molecule has 2 heteroatoms. The van der Waals surface area contributed by atoms with Gasteiger partial charge in [0.25, 0.3) is 0 Å². The predicted octanol–water partition coefficient (Wildman–Crippen LogP) is 4.99. The lowest BCUT2D eigenvalue weighted by atomic mass is 9.93. The van der Waals surface area contributed by atoms with Crippen LogP contribution in [0.2, 0.25) is 0 Å². The summed E-state index contributed by atoms with van der Waals surface area (Å²) >= 11 is 0. The van der Waals surface area contributed by atoms with Crippen LogP contribution in [-0.4, -0.2) is 0 Å². The number of rotatable bonds is 1. The molecule has 0 saturated heterocycles. The third-order valence-corrected chi connectivity index (χ3v) is 3.94. The molecule has 0 saturated carbocycles. The fourth-order valence-corrected chi connectivity index (χ4v) is 2.91. The molecule has 4 rings (SSSR count). The number of hydrogen-bond donors (Lipinski definition) is 1. The third-order valence-electron chi connectivity index (χ3n) is 3.94. The van der Waals surface area contributed by atoms with E-state index >= 15 is 0 Å². The maximum atomic E-state index is 7.84. The fourth-order valence-electron chi connectivity index (χ4n) is 2.91. The highest BCUT2D eigenvalue weighted by Crippen LogP contribution is 2.39. The lowest BCUT2D eigenvalue weighted by molar-refractivity contribution is 0.618. The van der Waals surface area contributed by atoms with Crippen LogP contribution in [0.25, 0.3) is 33.4 Å². The summed E-state index contributed by atoms with van der Waals surface area (Å²) in [6.07, 6.45) is 0. The first kappa shape index (κ1) is 12.8. The van der Waals surface area contributed by atoms with Gasteiger partial charge in [0.15, 0.2) is 0 Å². The molecule has 0 radical (unpaired) electrons. The van der Waals surface area contributed by atoms with E-state index in [0.29, 0.717) is 5.36 Å². The SMILES string of the molecule is Cc1ccc2c(-c3ccccc3)c3ccc(=N)cc-3oc2c1. The van der Waals surface area contributed by atoms with Gasteiger partial charge in [0.05, 0.1) is 5.36 Å². The van der Waals surface area contributed by atoms with Crippen molar-refractivity contribution in [3.8, 4) is 22.5 Å². The highest BCUT2D eigenvalue weighted by atomic mass is 16.3. The summed E-state index contributed by atoms with van der Waals surface area (Å²) in [5.74, 6) is 0.754. The van der Waals surface area contributed by atoms with Crippen LogP contribution in [0.5, 0.6) is 0 Å². The van der Waals surface area contributed by atoms with Gasteiger partial charge in [-0.1, -0.05) is 42.5 Å². The van der Waals surface area contributed by atoms with Crippen LogP contribution >= 0.6 is 0 Å². The van der Waals surface area contributed by atoms with Gasteiger partial charge in [-0.05, 0) is 36.2 Å². The number of hydrogen-bond acceptors (Lipinski definition) is 2. The van der Waals surface area contributed by atoms with E-state index in [1.807, 2.05) is 30.3 Å². The molecule has 0 amide bonds. The van der Waals surface area contributed by atoms with Crippen LogP contribution in [0.1, 0.15) is 5.56 Å². The largest absolute Gasteiger partial charge is 0.456 e. The van der Waals surface area contributed by atoms with Gasteiger partial charge in [0, 0.05) is 22.6 Å². The van der Waals surface area contributed by atoms with E-state index in [1.165, 1.54) is 0 Å². The second-order valence-corrected chi connectivity index (χ2v) is 5.55. The molecule has 0 atom stereocenters. The summed E-state index contributed by atoms with van der Waals surface area (Å²) in [5, 5.41) is 9.40. The monoisotopic (exact) mass is 285 g/mol. The van der Waals surface area contributed by atoms with Crippen molar-refractivity contribution in [2.75, 3.05) is 0 Å². The standard InChI is InChI=1S/C20H15NO/c1-13-7-9-16-18(11-13)22-19-12-15(21)8-10-17(19)20(16)14-5-3-2-4-6-14/h2-12,21H,1H3. The molecule has 22 heavy (non-hydrogen) atoms. The van der Waals surface area contributed by atoms with E-state index in [9.17, 15) is 0 Å². The van der Waals surface area contributed by atoms with Gasteiger partial charge in [0.2, 0.25) is 0 Å². The average molecular weight is 285 g/mol. The Morgan fingerprint density at radius 1 is 0.864 bits per heavy atom. The van der Waals surface area contributed by atoms with Crippen molar-refractivity contribution in [1.82, 2.24) is 0 Å². The topological polar surface area (TPSA) is 37.0 Å². The fraction of sp³-hybridized carbons (Fsp3) is 0.0500. The van der Waals surface area contributed by atoms with Gasteiger partial charge < -0.3 is 9.83 Å². The minimum atomic E-state index is 0.460. The Morgan fingerprint density at radius 3 is 2.50 bits per heavy atom. The highest BCUT2D eigenvalue weighted by molar-refractivity contribution is 6.01. The van der Waals surface area contributed by atoms with Crippen molar-refractivity contribution >= 4 is 11.0 Å². The van der Waals surface area contributed by atoms with Crippen molar-refractivity contribution < 1.29 is 4.42 Å². The molecule has 0 bridgehead atoms. The second-order valence-electron chi connectivity index (χ2n) is 5.55. The minimum absolute atomic E-state index is 0.460. The molecule has 0 spiro atoms. The summed E-state index contributed by atoms with van der Waals surface area (Å²) in [5.41, 5.74) is 5.39. The van der Waals surface area contributed by atoms with Crippen LogP contribution in [0, 0.1) is 12.3 Å². The molecule has 1 heterocycles. The summed E-state index contributed by atoms with van der Waals surface area (Å²) in [6.45, 7) is 2.06. The molecule has 1 aliphatic carbocycles. The van der Waals surface area contributed by atoms with E-state index in [2.05, 4.69) is 37.3 Å². The third kappa shape index (κ3) is 2.01. The van der Waals surface area contributed by atoms with E-state index in [1.54, 1.807) is 6.07 Å². The molecule has 2 nitrogen and oxygen atoms in total. The molecule has 0 fully saturated rings. The Bertz CT molecular complexity index is 999. The Balaban J connectivity index is 2.21. The zero-order valence-electron chi connectivity index (χ0n) is 12.3. The first-order chi connectivity index (χ1) is 10.7. The Morgan fingerprint density at radius 2 is 1.68 bits per heavy atom. The molecule has 2 aromatic carbocycles. The molecule has 0 aromatic heterocycles. The zero-order valence-corrected chi connectivity index (χ0v) is 12.3. The summed E-state index contributed by atoms with van der Waals surface area (Å²) in [4.78, 5) is 0. The lowest BCUT2D eigenvalue weighted by Gasteiger charge is -2.15. The summed E-state index contributed by atoms with van der Waals surface area (Å²) < 4.78 is 6.05. The van der Waals surface area contributed by atoms with E-state index in [-0.39, 0.29) is 0 Å². The van der Waals surface area contributed by atoms with Crippen molar-refractivity contribution in [2.24, 2.45) is 0 Å². The maximum absolute atomic E-state index is 7.84. The van der Waals surface area contributed by atoms with Crippen molar-refractivity contribution in [3.63, 3.8) is 0 Å². The second kappa shape index (κ2) is 4.85. The minimum Gasteiger partial charge on any atom is -0.456 e. The number of aryl methyl sites for hydroxylation is 1. The van der Waals surface area contributed by atoms with Gasteiger partial charge >= 0.3 is 0 Å². The highest BCUT2D eigenvalue weighted by Gasteiger charge is 2.16. The smallest absolute Gasteiger partial charge is 0.137 e. The quantitative estimate of drug-likeness (QED) is 0.491. The predicted molar refractivity (Wildman–Crippen MR) is 88.9 cm³/mol. The molecule has 2 aromatic rings. The Hall–Kier alpha value is -2.87. The molecular weight excluding hydrogens is 270 g/mol. The Kier molecular flexibility index (Phi) is 2.83. The van der Waals surface area contributed by atoms with Gasteiger partial charge in [-0.2, -0.15) is 0 Å². The Labute approximate surface area is 128 Å². The summed E-state index contributed by atoms with van der Waals surface area (Å²) in [6, 6.07) is 22.2. The zero-order chi connectivity index (χ0) is 15.1. The van der Waals surface area contributed by atoms with Gasteiger partial charge in [-0.15, -0.1) is 0 Å². The van der Waals surface area contributed by atoms with Gasteiger partial charge in [0.1, 0.15) is 11.3 Å².